The van der Waals surface area contributed by atoms with Crippen molar-refractivity contribution in [3.63, 3.8) is 0 Å². The second kappa shape index (κ2) is 6.76. The van der Waals surface area contributed by atoms with Crippen molar-refractivity contribution in [2.24, 2.45) is 0 Å². The van der Waals surface area contributed by atoms with Crippen LogP contribution >= 0.6 is 0 Å². The molecule has 1 aliphatic heterocycles. The van der Waals surface area contributed by atoms with E-state index in [-0.39, 0.29) is 0 Å². The summed E-state index contributed by atoms with van der Waals surface area (Å²) in [4.78, 5) is 13.3. The average molecular weight is 313 g/mol. The van der Waals surface area contributed by atoms with Crippen molar-refractivity contribution < 1.29 is 0 Å². The average Bonchev–Trinajstić information content (AvgIpc) is 3.02. The zero-order valence-electron chi connectivity index (χ0n) is 13.9. The van der Waals surface area contributed by atoms with Crippen LogP contribution in [0, 0.1) is 6.92 Å². The monoisotopic (exact) mass is 313 g/mol. The van der Waals surface area contributed by atoms with Gasteiger partial charge in [0.25, 0.3) is 0 Å². The number of hydrogen-bond acceptors (Lipinski definition) is 7. The maximum Gasteiger partial charge on any atom is 0.224 e. The summed E-state index contributed by atoms with van der Waals surface area (Å²) in [6.07, 6.45) is 4.01. The van der Waals surface area contributed by atoms with Crippen molar-refractivity contribution in [1.29, 1.82) is 0 Å². The van der Waals surface area contributed by atoms with Gasteiger partial charge in [-0.15, -0.1) is 5.10 Å². The number of aryl methyl sites for hydroxylation is 1. The third kappa shape index (κ3) is 3.67. The molecule has 0 aromatic carbocycles. The molecule has 1 atom stereocenters. The minimum absolute atomic E-state index is 0.388. The van der Waals surface area contributed by atoms with Crippen LogP contribution in [0.3, 0.4) is 0 Å². The SMILES string of the molecule is Cc1cc(N(C)C)nc(NCC2CCCN2c2cccnn2)n1. The molecule has 2 aromatic rings. The number of aromatic nitrogens is 4. The zero-order chi connectivity index (χ0) is 16.2. The summed E-state index contributed by atoms with van der Waals surface area (Å²) < 4.78 is 0. The van der Waals surface area contributed by atoms with E-state index in [9.17, 15) is 0 Å². The first-order valence-corrected chi connectivity index (χ1v) is 7.95. The first-order chi connectivity index (χ1) is 11.1. The van der Waals surface area contributed by atoms with Crippen LogP contribution in [0.1, 0.15) is 18.5 Å². The molecule has 23 heavy (non-hydrogen) atoms. The van der Waals surface area contributed by atoms with Gasteiger partial charge in [0.2, 0.25) is 5.95 Å². The summed E-state index contributed by atoms with van der Waals surface area (Å²) in [7, 11) is 3.97. The Morgan fingerprint density at radius 3 is 2.96 bits per heavy atom. The van der Waals surface area contributed by atoms with Crippen LogP contribution in [0.2, 0.25) is 0 Å². The predicted molar refractivity (Wildman–Crippen MR) is 92.0 cm³/mol. The second-order valence-electron chi connectivity index (χ2n) is 6.04. The van der Waals surface area contributed by atoms with E-state index in [0.29, 0.717) is 12.0 Å². The molecule has 1 saturated heterocycles. The van der Waals surface area contributed by atoms with E-state index in [2.05, 4.69) is 30.4 Å². The van der Waals surface area contributed by atoms with E-state index in [0.717, 1.165) is 36.8 Å². The lowest BCUT2D eigenvalue weighted by Crippen LogP contribution is -2.36. The normalized spacial score (nSPS) is 17.3. The summed E-state index contributed by atoms with van der Waals surface area (Å²) in [5, 5.41) is 11.6. The molecule has 0 saturated carbocycles. The molecule has 3 rings (SSSR count). The van der Waals surface area contributed by atoms with Crippen molar-refractivity contribution >= 4 is 17.6 Å². The number of nitrogens with zero attached hydrogens (tertiary/aromatic N) is 6. The maximum atomic E-state index is 4.55. The Hall–Kier alpha value is -2.44. The van der Waals surface area contributed by atoms with Crippen molar-refractivity contribution in [1.82, 2.24) is 20.2 Å². The summed E-state index contributed by atoms with van der Waals surface area (Å²) in [6, 6.07) is 6.31. The van der Waals surface area contributed by atoms with Crippen LogP contribution in [0.15, 0.2) is 24.4 Å². The minimum atomic E-state index is 0.388. The highest BCUT2D eigenvalue weighted by atomic mass is 15.3. The minimum Gasteiger partial charge on any atom is -0.363 e. The fourth-order valence-corrected chi connectivity index (χ4v) is 2.87. The van der Waals surface area contributed by atoms with Gasteiger partial charge in [-0.2, -0.15) is 10.1 Å². The fraction of sp³-hybridized carbons (Fsp3) is 0.500. The quantitative estimate of drug-likeness (QED) is 0.901. The molecule has 0 radical (unpaired) electrons. The molecule has 0 bridgehead atoms. The van der Waals surface area contributed by atoms with Gasteiger partial charge in [-0.25, -0.2) is 4.98 Å². The lowest BCUT2D eigenvalue weighted by Gasteiger charge is -2.25. The Morgan fingerprint density at radius 1 is 1.35 bits per heavy atom. The van der Waals surface area contributed by atoms with Crippen LogP contribution in [0.4, 0.5) is 17.6 Å². The number of rotatable bonds is 5. The lowest BCUT2D eigenvalue weighted by atomic mass is 10.2. The number of nitrogens with one attached hydrogen (secondary N) is 1. The third-order valence-corrected chi connectivity index (χ3v) is 4.02. The smallest absolute Gasteiger partial charge is 0.224 e. The first kappa shape index (κ1) is 15.5. The Balaban J connectivity index is 1.68. The molecule has 2 aromatic heterocycles. The largest absolute Gasteiger partial charge is 0.363 e. The highest BCUT2D eigenvalue weighted by Crippen LogP contribution is 2.23. The number of hydrogen-bond donors (Lipinski definition) is 1. The van der Waals surface area contributed by atoms with Gasteiger partial charge in [-0.1, -0.05) is 0 Å². The highest BCUT2D eigenvalue weighted by Gasteiger charge is 2.25. The Morgan fingerprint density at radius 2 is 2.22 bits per heavy atom. The molecule has 1 N–H and O–H groups in total. The van der Waals surface area contributed by atoms with Crippen molar-refractivity contribution in [2.45, 2.75) is 25.8 Å². The van der Waals surface area contributed by atoms with Gasteiger partial charge in [-0.3, -0.25) is 0 Å². The van der Waals surface area contributed by atoms with E-state index in [1.165, 1.54) is 6.42 Å². The molecule has 122 valence electrons. The summed E-state index contributed by atoms with van der Waals surface area (Å²) in [5.41, 5.74) is 0.961. The predicted octanol–water partition coefficient (Wildman–Crippen LogP) is 1.72. The molecule has 0 spiro atoms. The van der Waals surface area contributed by atoms with Crippen molar-refractivity contribution in [3.8, 4) is 0 Å². The fourth-order valence-electron chi connectivity index (χ4n) is 2.87. The van der Waals surface area contributed by atoms with Gasteiger partial charge in [0.05, 0.1) is 0 Å². The van der Waals surface area contributed by atoms with E-state index in [1.807, 2.05) is 44.1 Å². The molecule has 1 unspecified atom stereocenters. The van der Waals surface area contributed by atoms with E-state index in [4.69, 9.17) is 0 Å². The Bertz CT molecular complexity index is 644. The molecular weight excluding hydrogens is 290 g/mol. The molecule has 7 heteroatoms. The van der Waals surface area contributed by atoms with E-state index in [1.54, 1.807) is 6.20 Å². The second-order valence-corrected chi connectivity index (χ2v) is 6.04. The third-order valence-electron chi connectivity index (χ3n) is 4.02. The van der Waals surface area contributed by atoms with Gasteiger partial charge in [0, 0.05) is 51.2 Å². The van der Waals surface area contributed by atoms with Crippen molar-refractivity contribution in [3.05, 3.63) is 30.1 Å². The van der Waals surface area contributed by atoms with E-state index < -0.39 is 0 Å². The maximum absolute atomic E-state index is 4.55. The standard InChI is InChI=1S/C16H23N7/c1-12-10-15(22(2)3)20-16(19-12)17-11-13-6-5-9-23(13)14-7-4-8-18-21-14/h4,7-8,10,13H,5-6,9,11H2,1-3H3,(H,17,19,20). The first-order valence-electron chi connectivity index (χ1n) is 7.95. The molecule has 1 aliphatic rings. The van der Waals surface area contributed by atoms with Crippen LogP contribution in [-0.2, 0) is 0 Å². The van der Waals surface area contributed by atoms with Crippen LogP contribution < -0.4 is 15.1 Å². The van der Waals surface area contributed by atoms with Gasteiger partial charge >= 0.3 is 0 Å². The van der Waals surface area contributed by atoms with Crippen LogP contribution in [0.5, 0.6) is 0 Å². The topological polar surface area (TPSA) is 70.1 Å². The molecular formula is C16H23N7. The van der Waals surface area contributed by atoms with Gasteiger partial charge in [0.15, 0.2) is 5.82 Å². The Labute approximate surface area is 136 Å². The summed E-state index contributed by atoms with van der Waals surface area (Å²) in [5.74, 6) is 2.54. The molecule has 0 aliphatic carbocycles. The van der Waals surface area contributed by atoms with Crippen LogP contribution in [-0.4, -0.2) is 53.4 Å². The van der Waals surface area contributed by atoms with Gasteiger partial charge < -0.3 is 15.1 Å². The van der Waals surface area contributed by atoms with Crippen molar-refractivity contribution in [2.75, 3.05) is 42.3 Å². The summed E-state index contributed by atoms with van der Waals surface area (Å²) >= 11 is 0. The number of anilines is 3. The van der Waals surface area contributed by atoms with Gasteiger partial charge in [0.1, 0.15) is 5.82 Å². The zero-order valence-corrected chi connectivity index (χ0v) is 13.9. The lowest BCUT2D eigenvalue weighted by molar-refractivity contribution is 0.683. The highest BCUT2D eigenvalue weighted by molar-refractivity contribution is 5.44. The van der Waals surface area contributed by atoms with E-state index >= 15 is 0 Å². The van der Waals surface area contributed by atoms with Gasteiger partial charge in [-0.05, 0) is 31.9 Å². The summed E-state index contributed by atoms with van der Waals surface area (Å²) in [6.45, 7) is 3.80. The molecule has 1 fully saturated rings. The molecule has 3 heterocycles. The molecule has 7 nitrogen and oxygen atoms in total. The van der Waals surface area contributed by atoms with Crippen LogP contribution in [0.25, 0.3) is 0 Å². The Kier molecular flexibility index (Phi) is 4.55. The molecule has 0 amide bonds.